The van der Waals surface area contributed by atoms with Gasteiger partial charge in [0.1, 0.15) is 11.6 Å². The molecule has 0 radical (unpaired) electrons. The number of nitrogen functional groups attached to an aromatic ring is 1. The Kier molecular flexibility index (Phi) is 6.86. The Hall–Kier alpha value is -2.75. The average molecular weight is 438 g/mol. The van der Waals surface area contributed by atoms with Crippen LogP contribution in [0.5, 0.6) is 0 Å². The molecule has 0 aliphatic carbocycles. The first kappa shape index (κ1) is 21.9. The van der Waals surface area contributed by atoms with Gasteiger partial charge in [0.2, 0.25) is 0 Å². The van der Waals surface area contributed by atoms with E-state index < -0.39 is 17.5 Å². The minimum atomic E-state index is -0.666. The van der Waals surface area contributed by atoms with Gasteiger partial charge in [0, 0.05) is 43.0 Å². The molecule has 1 aliphatic rings. The number of nitrogens with two attached hydrogens (primary N) is 1. The van der Waals surface area contributed by atoms with E-state index in [1.807, 2.05) is 12.5 Å². The predicted octanol–water partition coefficient (Wildman–Crippen LogP) is 2.60. The molecule has 1 saturated heterocycles. The molecule has 1 heterocycles. The van der Waals surface area contributed by atoms with E-state index >= 15 is 0 Å². The zero-order valence-corrected chi connectivity index (χ0v) is 17.1. The van der Waals surface area contributed by atoms with E-state index in [0.29, 0.717) is 31.9 Å². The number of hydrogen-bond donors (Lipinski definition) is 2. The third-order valence-electron chi connectivity index (χ3n) is 4.99. The summed E-state index contributed by atoms with van der Waals surface area (Å²) >= 11 is 5.91. The average Bonchev–Trinajstić information content (AvgIpc) is 2.74. The van der Waals surface area contributed by atoms with Crippen LogP contribution in [0, 0.1) is 11.6 Å². The predicted molar refractivity (Wildman–Crippen MR) is 110 cm³/mol. The van der Waals surface area contributed by atoms with Crippen molar-refractivity contribution in [1.82, 2.24) is 15.2 Å². The topological polar surface area (TPSA) is 81.9 Å². The second-order valence-electron chi connectivity index (χ2n) is 7.04. The lowest BCUT2D eigenvalue weighted by Gasteiger charge is -2.36. The van der Waals surface area contributed by atoms with Crippen molar-refractivity contribution in [2.75, 3.05) is 38.1 Å². The van der Waals surface area contributed by atoms with Crippen LogP contribution in [0.3, 0.4) is 0 Å². The van der Waals surface area contributed by atoms with Gasteiger partial charge in [-0.15, -0.1) is 0 Å². The van der Waals surface area contributed by atoms with Crippen LogP contribution in [0.2, 0.25) is 5.02 Å². The maximum atomic E-state index is 14.7. The number of halogens is 3. The number of anilines is 1. The van der Waals surface area contributed by atoms with Crippen LogP contribution >= 0.6 is 11.6 Å². The molecule has 3 N–H and O–H groups in total. The van der Waals surface area contributed by atoms with Crippen molar-refractivity contribution in [1.29, 1.82) is 0 Å². The first-order valence-corrected chi connectivity index (χ1v) is 9.67. The fourth-order valence-electron chi connectivity index (χ4n) is 3.16. The fraction of sp³-hybridized carbons (Fsp3) is 0.300. The summed E-state index contributed by atoms with van der Waals surface area (Å²) < 4.78 is 28.3. The van der Waals surface area contributed by atoms with Crippen LogP contribution in [-0.2, 0) is 6.54 Å². The molecule has 10 heteroatoms. The Morgan fingerprint density at radius 2 is 1.80 bits per heavy atom. The lowest BCUT2D eigenvalue weighted by atomic mass is 10.1. The van der Waals surface area contributed by atoms with Crippen molar-refractivity contribution >= 4 is 29.2 Å². The summed E-state index contributed by atoms with van der Waals surface area (Å²) in [6, 6.07) is 7.45. The Morgan fingerprint density at radius 1 is 1.10 bits per heavy atom. The first-order valence-electron chi connectivity index (χ1n) is 9.29. The Bertz CT molecular complexity index is 951. The largest absolute Gasteiger partial charge is 0.324 e. The maximum Gasteiger partial charge on any atom is 0.324 e. The molecule has 3 rings (SSSR count). The molecule has 0 unspecified atom stereocenters. The monoisotopic (exact) mass is 437 g/mol. The zero-order chi connectivity index (χ0) is 21.8. The lowest BCUT2D eigenvalue weighted by Crippen LogP contribution is -2.52. The molecular formula is C20H22ClF2N5O2. The molecule has 160 valence electrons. The van der Waals surface area contributed by atoms with E-state index in [9.17, 15) is 18.4 Å². The normalized spacial score (nSPS) is 14.5. The van der Waals surface area contributed by atoms with Gasteiger partial charge in [-0.05, 0) is 37.4 Å². The van der Waals surface area contributed by atoms with E-state index in [0.717, 1.165) is 12.1 Å². The van der Waals surface area contributed by atoms with E-state index in [2.05, 4.69) is 4.90 Å². The van der Waals surface area contributed by atoms with Gasteiger partial charge >= 0.3 is 6.03 Å². The first-order chi connectivity index (χ1) is 14.3. The van der Waals surface area contributed by atoms with Gasteiger partial charge in [0.25, 0.3) is 5.91 Å². The number of carbonyl (C=O) groups excluding carboxylic acids is 2. The molecule has 7 nitrogen and oxygen atoms in total. The maximum absolute atomic E-state index is 14.7. The number of nitrogens with one attached hydrogen (secondary N) is 1. The fourth-order valence-corrected chi connectivity index (χ4v) is 3.34. The second kappa shape index (κ2) is 9.38. The number of hydrogen-bond acceptors (Lipinski definition) is 4. The summed E-state index contributed by atoms with van der Waals surface area (Å²) in [4.78, 5) is 29.9. The number of carbonyl (C=O) groups is 2. The van der Waals surface area contributed by atoms with E-state index in [-0.39, 0.29) is 28.7 Å². The van der Waals surface area contributed by atoms with Crippen LogP contribution < -0.4 is 16.2 Å². The number of hydrazine groups is 1. The summed E-state index contributed by atoms with van der Waals surface area (Å²) in [5.74, 6) is 3.17. The van der Waals surface area contributed by atoms with Crippen molar-refractivity contribution in [3.63, 3.8) is 0 Å². The number of rotatable bonds is 4. The smallest absolute Gasteiger partial charge is 0.322 e. The van der Waals surface area contributed by atoms with E-state index in [1.165, 1.54) is 29.2 Å². The SMILES string of the molecule is CN1CCN(C(=O)N(Cc2ccc(C(=O)NN)cc2F)c2ccc(F)c(Cl)c2)CC1. The van der Waals surface area contributed by atoms with Gasteiger partial charge in [-0.1, -0.05) is 17.7 Å². The lowest BCUT2D eigenvalue weighted by molar-refractivity contribution is 0.0953. The summed E-state index contributed by atoms with van der Waals surface area (Å²) in [5.41, 5.74) is 2.52. The van der Waals surface area contributed by atoms with Crippen LogP contribution in [-0.4, -0.2) is 55.0 Å². The molecule has 1 fully saturated rings. The summed E-state index contributed by atoms with van der Waals surface area (Å²) in [5, 5.41) is -0.140. The van der Waals surface area contributed by atoms with Gasteiger partial charge in [-0.2, -0.15) is 0 Å². The standard InChI is InChI=1S/C20H22ClF2N5O2/c1-26-6-8-27(9-7-26)20(30)28(15-4-5-17(22)16(21)11-15)12-14-3-2-13(10-18(14)23)19(29)25-24/h2-5,10-11H,6-9,12,24H2,1H3,(H,25,29). The second-order valence-corrected chi connectivity index (χ2v) is 7.44. The third kappa shape index (κ3) is 4.86. The number of urea groups is 1. The summed E-state index contributed by atoms with van der Waals surface area (Å²) in [6.07, 6.45) is 0. The van der Waals surface area contributed by atoms with Crippen molar-refractivity contribution in [3.05, 3.63) is 64.2 Å². The molecule has 0 spiro atoms. The molecule has 0 atom stereocenters. The number of likely N-dealkylation sites (N-methyl/N-ethyl adjacent to an activating group) is 1. The third-order valence-corrected chi connectivity index (χ3v) is 5.28. The van der Waals surface area contributed by atoms with Crippen molar-refractivity contribution < 1.29 is 18.4 Å². The highest BCUT2D eigenvalue weighted by atomic mass is 35.5. The highest BCUT2D eigenvalue weighted by Crippen LogP contribution is 2.26. The van der Waals surface area contributed by atoms with Crippen LogP contribution in [0.15, 0.2) is 36.4 Å². The molecule has 1 aliphatic heterocycles. The van der Waals surface area contributed by atoms with Crippen LogP contribution in [0.1, 0.15) is 15.9 Å². The number of amides is 3. The Labute approximate surface area is 177 Å². The minimum Gasteiger partial charge on any atom is -0.322 e. The van der Waals surface area contributed by atoms with Gasteiger partial charge in [0.15, 0.2) is 0 Å². The summed E-state index contributed by atoms with van der Waals surface area (Å²) in [6.45, 7) is 2.32. The number of benzene rings is 2. The van der Waals surface area contributed by atoms with Gasteiger partial charge < -0.3 is 9.80 Å². The van der Waals surface area contributed by atoms with E-state index in [1.54, 1.807) is 4.90 Å². The Morgan fingerprint density at radius 3 is 2.40 bits per heavy atom. The minimum absolute atomic E-state index is 0.0560. The van der Waals surface area contributed by atoms with Gasteiger partial charge in [-0.25, -0.2) is 19.4 Å². The van der Waals surface area contributed by atoms with Crippen LogP contribution in [0.4, 0.5) is 19.3 Å². The highest BCUT2D eigenvalue weighted by Gasteiger charge is 2.27. The van der Waals surface area contributed by atoms with Crippen LogP contribution in [0.25, 0.3) is 0 Å². The number of piperazine rings is 1. The van der Waals surface area contributed by atoms with Crippen molar-refractivity contribution in [2.24, 2.45) is 5.84 Å². The Balaban J connectivity index is 1.92. The molecule has 0 bridgehead atoms. The summed E-state index contributed by atoms with van der Waals surface area (Å²) in [7, 11) is 1.97. The zero-order valence-electron chi connectivity index (χ0n) is 16.4. The molecule has 2 aromatic rings. The molecule has 2 aromatic carbocycles. The van der Waals surface area contributed by atoms with Crippen molar-refractivity contribution in [2.45, 2.75) is 6.54 Å². The van der Waals surface area contributed by atoms with Gasteiger partial charge in [-0.3, -0.25) is 15.1 Å². The quantitative estimate of drug-likeness (QED) is 0.437. The number of nitrogens with zero attached hydrogens (tertiary/aromatic N) is 3. The molecule has 0 saturated carbocycles. The molecular weight excluding hydrogens is 416 g/mol. The molecule has 0 aromatic heterocycles. The molecule has 3 amide bonds. The van der Waals surface area contributed by atoms with E-state index in [4.69, 9.17) is 17.4 Å². The van der Waals surface area contributed by atoms with Gasteiger partial charge in [0.05, 0.1) is 11.6 Å². The van der Waals surface area contributed by atoms with Crippen molar-refractivity contribution in [3.8, 4) is 0 Å². The molecule has 30 heavy (non-hydrogen) atoms. The highest BCUT2D eigenvalue weighted by molar-refractivity contribution is 6.31.